The quantitative estimate of drug-likeness (QED) is 0.712. The Bertz CT molecular complexity index is 692. The molecule has 0 saturated heterocycles. The predicted octanol–water partition coefficient (Wildman–Crippen LogP) is 5.70. The number of anilines is 1. The molecule has 2 rings (SSSR count). The number of carbonyl (C=O) groups excluding carboxylic acids is 1. The maximum atomic E-state index is 12.0. The van der Waals surface area contributed by atoms with Gasteiger partial charge in [0.25, 0.3) is 5.91 Å². The molecule has 2 aromatic carbocycles. The molecule has 0 fully saturated rings. The molecule has 1 N–H and O–H groups in total. The fourth-order valence-corrected chi connectivity index (χ4v) is 2.70. The van der Waals surface area contributed by atoms with Gasteiger partial charge in [-0.15, -0.1) is 0 Å². The van der Waals surface area contributed by atoms with Crippen LogP contribution >= 0.6 is 23.2 Å². The summed E-state index contributed by atoms with van der Waals surface area (Å²) in [5, 5.41) is 3.64. The Balaban J connectivity index is 1.92. The smallest absolute Gasteiger partial charge is 0.262 e. The Hall–Kier alpha value is -1.71. The van der Waals surface area contributed by atoms with Crippen LogP contribution in [0.1, 0.15) is 32.8 Å². The van der Waals surface area contributed by atoms with Crippen molar-refractivity contribution < 1.29 is 9.53 Å². The van der Waals surface area contributed by atoms with Crippen LogP contribution in [0, 0.1) is 0 Å². The van der Waals surface area contributed by atoms with Crippen molar-refractivity contribution in [2.75, 3.05) is 11.9 Å². The lowest BCUT2D eigenvalue weighted by Gasteiger charge is -2.23. The molecule has 24 heavy (non-hydrogen) atoms. The molecule has 128 valence electrons. The highest BCUT2D eigenvalue weighted by atomic mass is 35.5. The van der Waals surface area contributed by atoms with Crippen LogP contribution in [0.4, 0.5) is 5.69 Å². The lowest BCUT2D eigenvalue weighted by molar-refractivity contribution is -0.118. The molecule has 2 aromatic rings. The fraction of sp³-hybridized carbons (Fsp3) is 0.316. The van der Waals surface area contributed by atoms with Gasteiger partial charge >= 0.3 is 0 Å². The molecule has 0 atom stereocenters. The van der Waals surface area contributed by atoms with E-state index in [1.54, 1.807) is 18.2 Å². The highest BCUT2D eigenvalue weighted by molar-refractivity contribution is 6.35. The van der Waals surface area contributed by atoms with E-state index in [1.165, 1.54) is 5.56 Å². The van der Waals surface area contributed by atoms with Crippen molar-refractivity contribution in [2.24, 2.45) is 0 Å². The Morgan fingerprint density at radius 2 is 1.67 bits per heavy atom. The van der Waals surface area contributed by atoms with E-state index < -0.39 is 0 Å². The topological polar surface area (TPSA) is 38.3 Å². The highest BCUT2D eigenvalue weighted by Crippen LogP contribution is 2.28. The second kappa shape index (κ2) is 7.91. The van der Waals surface area contributed by atoms with E-state index in [1.807, 2.05) is 24.3 Å². The zero-order valence-electron chi connectivity index (χ0n) is 14.0. The number of nitrogens with one attached hydrogen (secondary N) is 1. The molecule has 0 aliphatic carbocycles. The van der Waals surface area contributed by atoms with Gasteiger partial charge in [-0.1, -0.05) is 56.1 Å². The monoisotopic (exact) mass is 365 g/mol. The summed E-state index contributed by atoms with van der Waals surface area (Å²) in [7, 11) is 0. The predicted molar refractivity (Wildman–Crippen MR) is 100 cm³/mol. The Morgan fingerprint density at radius 3 is 2.21 bits per heavy atom. The van der Waals surface area contributed by atoms with E-state index in [2.05, 4.69) is 26.1 Å². The molecule has 5 heteroatoms. The molecule has 1 amide bonds. The average molecular weight is 366 g/mol. The molecular weight excluding hydrogens is 345 g/mol. The van der Waals surface area contributed by atoms with Crippen molar-refractivity contribution >= 4 is 34.8 Å². The lowest BCUT2D eigenvalue weighted by atomic mass is 9.82. The third kappa shape index (κ3) is 5.15. The normalized spacial score (nSPS) is 11.2. The molecule has 0 radical (unpaired) electrons. The van der Waals surface area contributed by atoms with Crippen LogP contribution in [-0.4, -0.2) is 12.5 Å². The maximum absolute atomic E-state index is 12.0. The van der Waals surface area contributed by atoms with E-state index in [4.69, 9.17) is 27.9 Å². The molecule has 0 saturated carbocycles. The number of carbonyl (C=O) groups is 1. The molecule has 0 aliphatic heterocycles. The summed E-state index contributed by atoms with van der Waals surface area (Å²) in [6.07, 6.45) is 1.05. The first kappa shape index (κ1) is 18.6. The largest absolute Gasteiger partial charge is 0.484 e. The summed E-state index contributed by atoms with van der Waals surface area (Å²) in [6.45, 7) is 6.48. The van der Waals surface area contributed by atoms with Crippen molar-refractivity contribution in [1.82, 2.24) is 0 Å². The van der Waals surface area contributed by atoms with Crippen molar-refractivity contribution in [3.63, 3.8) is 0 Å². The van der Waals surface area contributed by atoms with Gasteiger partial charge < -0.3 is 10.1 Å². The van der Waals surface area contributed by atoms with E-state index in [9.17, 15) is 4.79 Å². The molecule has 0 aromatic heterocycles. The molecule has 0 unspecified atom stereocenters. The van der Waals surface area contributed by atoms with Crippen LogP contribution < -0.4 is 10.1 Å². The molecule has 0 bridgehead atoms. The van der Waals surface area contributed by atoms with Gasteiger partial charge in [0.1, 0.15) is 5.75 Å². The van der Waals surface area contributed by atoms with Crippen LogP contribution in [0.3, 0.4) is 0 Å². The highest BCUT2D eigenvalue weighted by Gasteiger charge is 2.17. The van der Waals surface area contributed by atoms with Crippen molar-refractivity contribution in [3.05, 3.63) is 58.1 Å². The van der Waals surface area contributed by atoms with Crippen LogP contribution in [0.5, 0.6) is 5.75 Å². The first-order chi connectivity index (χ1) is 11.3. The number of amides is 1. The SMILES string of the molecule is CCC(C)(C)c1ccc(OCC(=O)Nc2cc(Cl)cc(Cl)c2)cc1. The van der Waals surface area contributed by atoms with E-state index >= 15 is 0 Å². The van der Waals surface area contributed by atoms with Crippen LogP contribution in [-0.2, 0) is 10.2 Å². The van der Waals surface area contributed by atoms with Gasteiger partial charge in [-0.25, -0.2) is 0 Å². The zero-order valence-corrected chi connectivity index (χ0v) is 15.5. The minimum atomic E-state index is -0.272. The second-order valence-corrected chi connectivity index (χ2v) is 7.13. The van der Waals surface area contributed by atoms with E-state index in [0.29, 0.717) is 21.5 Å². The van der Waals surface area contributed by atoms with E-state index in [-0.39, 0.29) is 17.9 Å². The molecule has 3 nitrogen and oxygen atoms in total. The second-order valence-electron chi connectivity index (χ2n) is 6.26. The van der Waals surface area contributed by atoms with Crippen molar-refractivity contribution in [2.45, 2.75) is 32.6 Å². The minimum Gasteiger partial charge on any atom is -0.484 e. The Labute approximate surface area is 152 Å². The number of halogens is 2. The van der Waals surface area contributed by atoms with Crippen LogP contribution in [0.15, 0.2) is 42.5 Å². The van der Waals surface area contributed by atoms with Crippen molar-refractivity contribution in [3.8, 4) is 5.75 Å². The summed E-state index contributed by atoms with van der Waals surface area (Å²) in [6, 6.07) is 12.7. The Morgan fingerprint density at radius 1 is 1.08 bits per heavy atom. The minimum absolute atomic E-state index is 0.0827. The summed E-state index contributed by atoms with van der Waals surface area (Å²) in [4.78, 5) is 12.0. The average Bonchev–Trinajstić information content (AvgIpc) is 2.52. The van der Waals surface area contributed by atoms with Crippen molar-refractivity contribution in [1.29, 1.82) is 0 Å². The van der Waals surface area contributed by atoms with Gasteiger partial charge in [0.2, 0.25) is 0 Å². The number of hydrogen-bond donors (Lipinski definition) is 1. The van der Waals surface area contributed by atoms with E-state index in [0.717, 1.165) is 6.42 Å². The Kier molecular flexibility index (Phi) is 6.14. The van der Waals surface area contributed by atoms with Crippen LogP contribution in [0.25, 0.3) is 0 Å². The van der Waals surface area contributed by atoms with Crippen LogP contribution in [0.2, 0.25) is 10.0 Å². The third-order valence-corrected chi connectivity index (χ3v) is 4.47. The zero-order chi connectivity index (χ0) is 17.7. The number of hydrogen-bond acceptors (Lipinski definition) is 2. The maximum Gasteiger partial charge on any atom is 0.262 e. The molecule has 0 spiro atoms. The number of ether oxygens (including phenoxy) is 1. The molecular formula is C19H21Cl2NO2. The standard InChI is InChI=1S/C19H21Cl2NO2/c1-4-19(2,3)13-5-7-17(8-6-13)24-12-18(23)22-16-10-14(20)9-15(21)11-16/h5-11H,4,12H2,1-3H3,(H,22,23). The van der Waals surface area contributed by atoms with Gasteiger partial charge in [-0.05, 0) is 47.7 Å². The summed E-state index contributed by atoms with van der Waals surface area (Å²) >= 11 is 11.8. The lowest BCUT2D eigenvalue weighted by Crippen LogP contribution is -2.20. The third-order valence-electron chi connectivity index (χ3n) is 4.04. The van der Waals surface area contributed by atoms with Gasteiger partial charge in [-0.2, -0.15) is 0 Å². The van der Waals surface area contributed by atoms with Gasteiger partial charge in [0.15, 0.2) is 6.61 Å². The number of benzene rings is 2. The first-order valence-corrected chi connectivity index (χ1v) is 8.55. The van der Waals surface area contributed by atoms with Gasteiger partial charge in [0, 0.05) is 15.7 Å². The van der Waals surface area contributed by atoms with Gasteiger partial charge in [0.05, 0.1) is 0 Å². The van der Waals surface area contributed by atoms with Gasteiger partial charge in [-0.3, -0.25) is 4.79 Å². The summed E-state index contributed by atoms with van der Waals surface area (Å²) < 4.78 is 5.52. The summed E-state index contributed by atoms with van der Waals surface area (Å²) in [5.74, 6) is 0.385. The summed E-state index contributed by atoms with van der Waals surface area (Å²) in [5.41, 5.74) is 1.92. The fourth-order valence-electron chi connectivity index (χ4n) is 2.18. The first-order valence-electron chi connectivity index (χ1n) is 7.79. The molecule has 0 aliphatic rings. The number of rotatable bonds is 6. The molecule has 0 heterocycles.